The monoisotopic (exact) mass is 472 g/mol. The normalized spacial score (nSPS) is 16.9. The number of alkyl halides is 6. The zero-order chi connectivity index (χ0) is 24.0. The van der Waals surface area contributed by atoms with Gasteiger partial charge < -0.3 is 5.32 Å². The van der Waals surface area contributed by atoms with Gasteiger partial charge in [-0.1, -0.05) is 0 Å². The first-order chi connectivity index (χ1) is 15.4. The number of amides is 1. The Kier molecular flexibility index (Phi) is 5.66. The van der Waals surface area contributed by atoms with E-state index in [1.165, 1.54) is 13.1 Å². The molecule has 13 heteroatoms. The van der Waals surface area contributed by atoms with Crippen LogP contribution in [0.4, 0.5) is 26.3 Å². The maximum atomic E-state index is 13.0. The molecular weight excluding hydrogens is 454 g/mol. The molecule has 33 heavy (non-hydrogen) atoms. The molecule has 0 bridgehead atoms. The van der Waals surface area contributed by atoms with Crippen molar-refractivity contribution in [3.05, 3.63) is 53.2 Å². The van der Waals surface area contributed by atoms with Crippen LogP contribution < -0.4 is 5.32 Å². The van der Waals surface area contributed by atoms with Crippen molar-refractivity contribution >= 4 is 5.91 Å². The Morgan fingerprint density at radius 3 is 2.45 bits per heavy atom. The first-order valence-corrected chi connectivity index (χ1v) is 9.94. The highest BCUT2D eigenvalue weighted by Gasteiger charge is 2.36. The average molecular weight is 472 g/mol. The molecule has 0 aliphatic carbocycles. The lowest BCUT2D eigenvalue weighted by molar-refractivity contribution is -0.142. The Morgan fingerprint density at radius 1 is 1.06 bits per heavy atom. The zero-order valence-electron chi connectivity index (χ0n) is 17.2. The third kappa shape index (κ3) is 4.86. The van der Waals surface area contributed by atoms with E-state index in [4.69, 9.17) is 0 Å². The van der Waals surface area contributed by atoms with Gasteiger partial charge in [0.15, 0.2) is 5.69 Å². The minimum Gasteiger partial charge on any atom is -0.348 e. The van der Waals surface area contributed by atoms with E-state index >= 15 is 0 Å². The molecule has 3 aromatic heterocycles. The average Bonchev–Trinajstić information content (AvgIpc) is 3.26. The number of aryl methyl sites for hydroxylation is 2. The van der Waals surface area contributed by atoms with Crippen molar-refractivity contribution in [3.8, 4) is 11.3 Å². The summed E-state index contributed by atoms with van der Waals surface area (Å²) in [6.07, 6.45) is -6.69. The van der Waals surface area contributed by atoms with Crippen molar-refractivity contribution in [1.82, 2.24) is 29.9 Å². The molecule has 0 fully saturated rings. The minimum absolute atomic E-state index is 0.225. The predicted octanol–water partition coefficient (Wildman–Crippen LogP) is 3.85. The Morgan fingerprint density at radius 2 is 1.79 bits per heavy atom. The lowest BCUT2D eigenvalue weighted by atomic mass is 10.1. The fourth-order valence-electron chi connectivity index (χ4n) is 3.74. The van der Waals surface area contributed by atoms with Gasteiger partial charge in [-0.25, -0.2) is 0 Å². The predicted molar refractivity (Wildman–Crippen MR) is 103 cm³/mol. The lowest BCUT2D eigenvalue weighted by Crippen LogP contribution is -2.37. The summed E-state index contributed by atoms with van der Waals surface area (Å²) in [5.41, 5.74) is -1.12. The van der Waals surface area contributed by atoms with E-state index in [9.17, 15) is 31.1 Å². The molecule has 1 amide bonds. The number of hydrogen-bond acceptors (Lipinski definition) is 4. The van der Waals surface area contributed by atoms with E-state index in [-0.39, 0.29) is 11.3 Å². The van der Waals surface area contributed by atoms with Crippen molar-refractivity contribution in [3.63, 3.8) is 0 Å². The maximum absolute atomic E-state index is 13.0. The number of nitrogens with zero attached hydrogens (tertiary/aromatic N) is 5. The highest BCUT2D eigenvalue weighted by Crippen LogP contribution is 2.31. The summed E-state index contributed by atoms with van der Waals surface area (Å²) in [7, 11) is 1.25. The first kappa shape index (κ1) is 22.8. The maximum Gasteiger partial charge on any atom is 0.435 e. The van der Waals surface area contributed by atoms with Gasteiger partial charge in [-0.2, -0.15) is 36.5 Å². The van der Waals surface area contributed by atoms with Crippen LogP contribution in [0.5, 0.6) is 0 Å². The molecule has 0 aromatic carbocycles. The van der Waals surface area contributed by atoms with Crippen molar-refractivity contribution in [2.45, 2.75) is 44.2 Å². The number of rotatable bonds is 3. The summed E-state index contributed by atoms with van der Waals surface area (Å²) in [5.74, 6) is -0.692. The number of halogens is 6. The van der Waals surface area contributed by atoms with E-state index in [1.54, 1.807) is 10.7 Å². The van der Waals surface area contributed by atoms with Crippen LogP contribution in [0.3, 0.4) is 0 Å². The number of pyridine rings is 1. The van der Waals surface area contributed by atoms with E-state index in [1.807, 2.05) is 0 Å². The summed E-state index contributed by atoms with van der Waals surface area (Å²) in [6, 6.07) is 4.29. The summed E-state index contributed by atoms with van der Waals surface area (Å²) in [5, 5.41) is 10.5. The van der Waals surface area contributed by atoms with Crippen LogP contribution in [-0.2, 0) is 32.4 Å². The highest BCUT2D eigenvalue weighted by atomic mass is 19.4. The van der Waals surface area contributed by atoms with Gasteiger partial charge in [-0.05, 0) is 31.0 Å². The molecule has 0 saturated heterocycles. The van der Waals surface area contributed by atoms with Gasteiger partial charge in [0.05, 0.1) is 5.69 Å². The molecule has 3 aromatic rings. The molecule has 1 atom stereocenters. The lowest BCUT2D eigenvalue weighted by Gasteiger charge is -2.16. The Balaban J connectivity index is 1.52. The number of nitrogens with one attached hydrogen (secondary N) is 1. The van der Waals surface area contributed by atoms with Crippen LogP contribution in [0.15, 0.2) is 30.5 Å². The molecule has 176 valence electrons. The fraction of sp³-hybridized carbons (Fsp3) is 0.400. The van der Waals surface area contributed by atoms with Gasteiger partial charge in [0.25, 0.3) is 5.91 Å². The summed E-state index contributed by atoms with van der Waals surface area (Å²) in [4.78, 5) is 15.9. The number of carbonyl (C=O) groups is 1. The highest BCUT2D eigenvalue weighted by molar-refractivity contribution is 5.92. The first-order valence-electron chi connectivity index (χ1n) is 9.94. The van der Waals surface area contributed by atoms with Crippen LogP contribution in [0, 0.1) is 0 Å². The third-order valence-corrected chi connectivity index (χ3v) is 5.33. The van der Waals surface area contributed by atoms with Crippen molar-refractivity contribution in [2.24, 2.45) is 7.05 Å². The van der Waals surface area contributed by atoms with Gasteiger partial charge in [0.2, 0.25) is 0 Å². The number of carbonyl (C=O) groups excluding carboxylic acids is 1. The van der Waals surface area contributed by atoms with Crippen LogP contribution in [-0.4, -0.2) is 36.5 Å². The van der Waals surface area contributed by atoms with E-state index in [2.05, 4.69) is 20.5 Å². The SMILES string of the molecule is Cn1nc(C(F)(F)F)cc1C(=O)N[C@@H]1CCCn2nc(-c3ccnc(C(F)(F)F)c3)cc2C1. The topological polar surface area (TPSA) is 77.6 Å². The summed E-state index contributed by atoms with van der Waals surface area (Å²) in [6.45, 7) is 0.489. The van der Waals surface area contributed by atoms with Gasteiger partial charge in [-0.15, -0.1) is 0 Å². The van der Waals surface area contributed by atoms with Gasteiger partial charge >= 0.3 is 12.4 Å². The Labute approximate surface area is 183 Å². The van der Waals surface area contributed by atoms with E-state index < -0.39 is 35.7 Å². The molecule has 4 rings (SSSR count). The minimum atomic E-state index is -4.67. The van der Waals surface area contributed by atoms with Gasteiger partial charge in [0.1, 0.15) is 11.4 Å². The fourth-order valence-corrected chi connectivity index (χ4v) is 3.74. The molecule has 0 saturated carbocycles. The van der Waals surface area contributed by atoms with Crippen molar-refractivity contribution in [2.75, 3.05) is 0 Å². The summed E-state index contributed by atoms with van der Waals surface area (Å²) < 4.78 is 80.1. The van der Waals surface area contributed by atoms with Crippen molar-refractivity contribution < 1.29 is 31.1 Å². The molecule has 1 N–H and O–H groups in total. The van der Waals surface area contributed by atoms with E-state index in [0.717, 1.165) is 16.9 Å². The second-order valence-corrected chi connectivity index (χ2v) is 7.72. The molecule has 0 unspecified atom stereocenters. The largest absolute Gasteiger partial charge is 0.435 e. The Hall–Kier alpha value is -3.38. The quantitative estimate of drug-likeness (QED) is 0.588. The summed E-state index contributed by atoms with van der Waals surface area (Å²) >= 11 is 0. The number of hydrogen-bond donors (Lipinski definition) is 1. The van der Waals surface area contributed by atoms with Crippen LogP contribution in [0.1, 0.15) is 40.4 Å². The molecule has 7 nitrogen and oxygen atoms in total. The smallest absolute Gasteiger partial charge is 0.348 e. The molecule has 1 aliphatic heterocycles. The number of fused-ring (bicyclic) bond motifs is 1. The number of aromatic nitrogens is 5. The van der Waals surface area contributed by atoms with Crippen LogP contribution in [0.2, 0.25) is 0 Å². The third-order valence-electron chi connectivity index (χ3n) is 5.33. The molecule has 1 aliphatic rings. The molecular formula is C20H18F6N6O. The molecule has 4 heterocycles. The van der Waals surface area contributed by atoms with Crippen LogP contribution in [0.25, 0.3) is 11.3 Å². The molecule has 0 spiro atoms. The second kappa shape index (κ2) is 8.19. The van der Waals surface area contributed by atoms with Crippen LogP contribution >= 0.6 is 0 Å². The Bertz CT molecular complexity index is 1180. The van der Waals surface area contributed by atoms with E-state index in [0.29, 0.717) is 43.3 Å². The standard InChI is InChI=1S/C20H18F6N6O/c1-31-15(10-17(30-31)20(24,25)26)18(33)28-12-3-2-6-32-13(8-12)9-14(29-32)11-4-5-27-16(7-11)19(21,22)23/h4-5,7,9-10,12H,2-3,6,8H2,1H3,(H,28,33)/t12-/m1/s1. The molecule has 0 radical (unpaired) electrons. The van der Waals surface area contributed by atoms with Gasteiger partial charge in [-0.3, -0.25) is 19.1 Å². The van der Waals surface area contributed by atoms with Gasteiger partial charge in [0, 0.05) is 49.6 Å². The zero-order valence-corrected chi connectivity index (χ0v) is 17.2. The second-order valence-electron chi connectivity index (χ2n) is 7.72. The van der Waals surface area contributed by atoms with Crippen molar-refractivity contribution in [1.29, 1.82) is 0 Å².